The molecule has 5 aliphatic carbocycles. The summed E-state index contributed by atoms with van der Waals surface area (Å²) in [5.41, 5.74) is 0.0712. The van der Waals surface area contributed by atoms with E-state index in [1.807, 2.05) is 0 Å². The number of urea groups is 1. The fourth-order valence-electron chi connectivity index (χ4n) is 6.76. The van der Waals surface area contributed by atoms with Gasteiger partial charge in [-0.25, -0.2) is 9.18 Å². The van der Waals surface area contributed by atoms with Crippen molar-refractivity contribution in [1.29, 1.82) is 0 Å². The van der Waals surface area contributed by atoms with Crippen molar-refractivity contribution in [3.05, 3.63) is 30.1 Å². The third-order valence-corrected chi connectivity index (χ3v) is 7.54. The van der Waals surface area contributed by atoms with Gasteiger partial charge in [-0.1, -0.05) is 0 Å². The molecule has 6 rings (SSSR count). The maximum absolute atomic E-state index is 13.0. The number of hydrogen-bond acceptors (Lipinski definition) is 2. The molecule has 0 saturated heterocycles. The van der Waals surface area contributed by atoms with Gasteiger partial charge >= 0.3 is 6.03 Å². The lowest BCUT2D eigenvalue weighted by Gasteiger charge is -2.56. The molecule has 2 N–H and O–H groups in total. The molecule has 152 valence electrons. The highest BCUT2D eigenvalue weighted by Crippen LogP contribution is 2.55. The van der Waals surface area contributed by atoms with Gasteiger partial charge in [0.25, 0.3) is 0 Å². The summed E-state index contributed by atoms with van der Waals surface area (Å²) >= 11 is 0. The lowest BCUT2D eigenvalue weighted by Crippen LogP contribution is -2.62. The van der Waals surface area contributed by atoms with Crippen LogP contribution in [0.3, 0.4) is 0 Å². The molecule has 5 saturated carbocycles. The van der Waals surface area contributed by atoms with E-state index in [2.05, 4.69) is 10.6 Å². The molecule has 5 fully saturated rings. The first-order valence-electron chi connectivity index (χ1n) is 11.1. The van der Waals surface area contributed by atoms with E-state index in [0.29, 0.717) is 0 Å². The van der Waals surface area contributed by atoms with Gasteiger partial charge in [0.05, 0.1) is 6.10 Å². The third kappa shape index (κ3) is 3.85. The number of nitrogens with one attached hydrogen (secondary N) is 2. The van der Waals surface area contributed by atoms with Crippen LogP contribution in [0.1, 0.15) is 64.2 Å². The molecule has 5 aliphatic rings. The summed E-state index contributed by atoms with van der Waals surface area (Å²) in [5, 5.41) is 6.64. The van der Waals surface area contributed by atoms with Crippen LogP contribution in [-0.4, -0.2) is 23.7 Å². The second kappa shape index (κ2) is 7.23. The van der Waals surface area contributed by atoms with Gasteiger partial charge < -0.3 is 15.4 Å². The van der Waals surface area contributed by atoms with E-state index >= 15 is 0 Å². The van der Waals surface area contributed by atoms with Crippen molar-refractivity contribution in [1.82, 2.24) is 10.6 Å². The van der Waals surface area contributed by atoms with Crippen LogP contribution >= 0.6 is 0 Å². The van der Waals surface area contributed by atoms with Gasteiger partial charge in [0, 0.05) is 11.6 Å². The molecule has 28 heavy (non-hydrogen) atoms. The molecular weight excluding hydrogens is 355 g/mol. The monoisotopic (exact) mass is 386 g/mol. The zero-order chi connectivity index (χ0) is 19.1. The zero-order valence-corrected chi connectivity index (χ0v) is 16.5. The smallest absolute Gasteiger partial charge is 0.315 e. The highest BCUT2D eigenvalue weighted by Gasteiger charge is 2.51. The highest BCUT2D eigenvalue weighted by atomic mass is 19.1. The molecular formula is C23H31FN2O2. The Morgan fingerprint density at radius 1 is 0.929 bits per heavy atom. The molecule has 0 radical (unpaired) electrons. The minimum atomic E-state index is -0.245. The van der Waals surface area contributed by atoms with Gasteiger partial charge in [-0.15, -0.1) is 0 Å². The van der Waals surface area contributed by atoms with Crippen LogP contribution in [0.2, 0.25) is 0 Å². The Labute approximate surface area is 166 Å². The maximum Gasteiger partial charge on any atom is 0.315 e. The van der Waals surface area contributed by atoms with E-state index < -0.39 is 0 Å². The average Bonchev–Trinajstić information content (AvgIpc) is 2.63. The molecule has 2 amide bonds. The molecule has 0 unspecified atom stereocenters. The molecule has 4 bridgehead atoms. The lowest BCUT2D eigenvalue weighted by atomic mass is 9.53. The summed E-state index contributed by atoms with van der Waals surface area (Å²) in [6, 6.07) is 6.47. The van der Waals surface area contributed by atoms with Crippen LogP contribution in [-0.2, 0) is 0 Å². The Bertz CT molecular complexity index is 677. The first kappa shape index (κ1) is 18.3. The SMILES string of the molecule is O=C(NC12CC3CC(CC(C3)C1)C2)N[C@H]1CC[C@@H](Oc2ccc(F)cc2)CC1. The van der Waals surface area contributed by atoms with Crippen LogP contribution in [0.25, 0.3) is 0 Å². The fourth-order valence-corrected chi connectivity index (χ4v) is 6.76. The van der Waals surface area contributed by atoms with Gasteiger partial charge in [0.1, 0.15) is 11.6 Å². The second-order valence-corrected chi connectivity index (χ2v) is 9.84. The molecule has 1 aromatic carbocycles. The minimum absolute atomic E-state index is 0.0323. The quantitative estimate of drug-likeness (QED) is 0.782. The Balaban J connectivity index is 1.09. The van der Waals surface area contributed by atoms with E-state index in [9.17, 15) is 9.18 Å². The summed E-state index contributed by atoms with van der Waals surface area (Å²) in [6.07, 6.45) is 11.6. The predicted molar refractivity (Wildman–Crippen MR) is 106 cm³/mol. The van der Waals surface area contributed by atoms with Crippen LogP contribution in [0.4, 0.5) is 9.18 Å². The Morgan fingerprint density at radius 3 is 2.07 bits per heavy atom. The number of benzene rings is 1. The normalized spacial score (nSPS) is 38.8. The van der Waals surface area contributed by atoms with E-state index in [0.717, 1.165) is 49.2 Å². The largest absolute Gasteiger partial charge is 0.490 e. The molecule has 5 heteroatoms. The van der Waals surface area contributed by atoms with E-state index in [4.69, 9.17) is 4.74 Å². The summed E-state index contributed by atoms with van der Waals surface area (Å²) < 4.78 is 19.0. The Kier molecular flexibility index (Phi) is 4.72. The van der Waals surface area contributed by atoms with Crippen molar-refractivity contribution in [3.8, 4) is 5.75 Å². The standard InChI is InChI=1S/C23H31FN2O2/c24-18-1-5-20(6-2-18)28-21-7-3-19(4-8-21)25-22(27)26-23-12-15-9-16(13-23)11-17(10-15)14-23/h1-2,5-6,15-17,19,21H,3-4,7-14H2,(H2,25,26,27)/t15?,16?,17?,19-,21+,23?. The molecule has 0 aliphatic heterocycles. The van der Waals surface area contributed by atoms with E-state index in [1.54, 1.807) is 12.1 Å². The number of amides is 2. The maximum atomic E-state index is 13.0. The fraction of sp³-hybridized carbons (Fsp3) is 0.696. The molecule has 1 aromatic rings. The number of halogens is 1. The van der Waals surface area contributed by atoms with Crippen LogP contribution in [0.5, 0.6) is 5.75 Å². The van der Waals surface area contributed by atoms with Crippen LogP contribution < -0.4 is 15.4 Å². The Hall–Kier alpha value is -1.78. The van der Waals surface area contributed by atoms with Crippen LogP contribution in [0, 0.1) is 23.6 Å². The average molecular weight is 387 g/mol. The van der Waals surface area contributed by atoms with Crippen molar-refractivity contribution in [3.63, 3.8) is 0 Å². The number of hydrogen-bond donors (Lipinski definition) is 2. The number of carbonyl (C=O) groups excluding carboxylic acids is 1. The molecule has 0 aromatic heterocycles. The second-order valence-electron chi connectivity index (χ2n) is 9.84. The zero-order valence-electron chi connectivity index (χ0n) is 16.5. The third-order valence-electron chi connectivity index (χ3n) is 7.54. The van der Waals surface area contributed by atoms with Crippen molar-refractivity contribution in [2.24, 2.45) is 17.8 Å². The topological polar surface area (TPSA) is 50.4 Å². The van der Waals surface area contributed by atoms with E-state index in [-0.39, 0.29) is 29.5 Å². The summed E-state index contributed by atoms with van der Waals surface area (Å²) in [5.74, 6) is 2.99. The number of carbonyl (C=O) groups is 1. The predicted octanol–water partition coefficient (Wildman–Crippen LogP) is 4.78. The molecule has 0 spiro atoms. The highest BCUT2D eigenvalue weighted by molar-refractivity contribution is 5.75. The Morgan fingerprint density at radius 2 is 1.50 bits per heavy atom. The summed E-state index contributed by atoms with van der Waals surface area (Å²) in [6.45, 7) is 0. The minimum Gasteiger partial charge on any atom is -0.490 e. The summed E-state index contributed by atoms with van der Waals surface area (Å²) in [4.78, 5) is 12.7. The first-order valence-corrected chi connectivity index (χ1v) is 11.1. The first-order chi connectivity index (χ1) is 13.6. The summed E-state index contributed by atoms with van der Waals surface area (Å²) in [7, 11) is 0. The van der Waals surface area contributed by atoms with Gasteiger partial charge in [-0.3, -0.25) is 0 Å². The molecule has 0 atom stereocenters. The number of ether oxygens (including phenoxy) is 1. The lowest BCUT2D eigenvalue weighted by molar-refractivity contribution is -0.0138. The van der Waals surface area contributed by atoms with Gasteiger partial charge in [0.15, 0.2) is 0 Å². The van der Waals surface area contributed by atoms with Gasteiger partial charge in [0.2, 0.25) is 0 Å². The van der Waals surface area contributed by atoms with E-state index in [1.165, 1.54) is 50.7 Å². The van der Waals surface area contributed by atoms with Crippen LogP contribution in [0.15, 0.2) is 24.3 Å². The van der Waals surface area contributed by atoms with Crippen molar-refractivity contribution in [2.75, 3.05) is 0 Å². The van der Waals surface area contributed by atoms with Crippen molar-refractivity contribution < 1.29 is 13.9 Å². The van der Waals surface area contributed by atoms with Gasteiger partial charge in [-0.05, 0) is 106 Å². The molecule has 4 nitrogen and oxygen atoms in total. The van der Waals surface area contributed by atoms with Crippen molar-refractivity contribution in [2.45, 2.75) is 81.9 Å². The van der Waals surface area contributed by atoms with Crippen molar-refractivity contribution >= 4 is 6.03 Å². The van der Waals surface area contributed by atoms with Gasteiger partial charge in [-0.2, -0.15) is 0 Å². The number of rotatable bonds is 4. The molecule has 0 heterocycles.